The van der Waals surface area contributed by atoms with Crippen LogP contribution in [-0.4, -0.2) is 16.4 Å². The highest BCUT2D eigenvalue weighted by atomic mass is 32.1. The summed E-state index contributed by atoms with van der Waals surface area (Å²) in [5.41, 5.74) is 1.59. The second-order valence-corrected chi connectivity index (χ2v) is 4.48. The van der Waals surface area contributed by atoms with Gasteiger partial charge in [-0.25, -0.2) is 4.98 Å². The van der Waals surface area contributed by atoms with E-state index in [1.807, 2.05) is 13.8 Å². The first-order valence-corrected chi connectivity index (χ1v) is 6.10. The molecule has 1 aromatic heterocycles. The van der Waals surface area contributed by atoms with Crippen LogP contribution in [0, 0.1) is 18.3 Å². The number of rotatable bonds is 4. The van der Waals surface area contributed by atoms with Crippen molar-refractivity contribution < 1.29 is 4.79 Å². The van der Waals surface area contributed by atoms with Crippen molar-refractivity contribution in [2.75, 3.05) is 0 Å². The molecule has 0 aromatic carbocycles. The molecule has 0 bridgehead atoms. The summed E-state index contributed by atoms with van der Waals surface area (Å²) in [6.45, 7) is 5.58. The number of aryl methyl sites for hydroxylation is 1. The highest BCUT2D eigenvalue weighted by molar-refractivity contribution is 7.11. The van der Waals surface area contributed by atoms with Crippen LogP contribution >= 0.6 is 11.3 Å². The van der Waals surface area contributed by atoms with E-state index in [0.717, 1.165) is 0 Å². The second kappa shape index (κ2) is 5.08. The van der Waals surface area contributed by atoms with Crippen LogP contribution in [0.1, 0.15) is 42.1 Å². The molecule has 4 nitrogen and oxygen atoms in total. The fraction of sp³-hybridized carbons (Fsp3) is 0.545. The third-order valence-electron chi connectivity index (χ3n) is 2.73. The van der Waals surface area contributed by atoms with E-state index in [2.05, 4.69) is 16.4 Å². The zero-order chi connectivity index (χ0) is 12.2. The minimum Gasteiger partial charge on any atom is -0.333 e. The molecule has 0 saturated heterocycles. The van der Waals surface area contributed by atoms with Crippen LogP contribution in [0.5, 0.6) is 0 Å². The van der Waals surface area contributed by atoms with E-state index in [1.54, 1.807) is 12.4 Å². The molecule has 0 spiro atoms. The van der Waals surface area contributed by atoms with Gasteiger partial charge in [-0.15, -0.1) is 11.3 Å². The maximum Gasteiger partial charge on any atom is 0.264 e. The Kier molecular flexibility index (Phi) is 4.02. The van der Waals surface area contributed by atoms with E-state index in [1.165, 1.54) is 11.3 Å². The number of nitrogens with zero attached hydrogens (tertiary/aromatic N) is 2. The number of hydrogen-bond donors (Lipinski definition) is 1. The number of aromatic nitrogens is 1. The molecule has 0 atom stereocenters. The van der Waals surface area contributed by atoms with Gasteiger partial charge < -0.3 is 5.32 Å². The number of amides is 1. The van der Waals surface area contributed by atoms with Crippen molar-refractivity contribution in [1.29, 1.82) is 5.26 Å². The van der Waals surface area contributed by atoms with Crippen LogP contribution in [0.4, 0.5) is 0 Å². The molecule has 0 aliphatic rings. The number of nitriles is 1. The van der Waals surface area contributed by atoms with E-state index >= 15 is 0 Å². The van der Waals surface area contributed by atoms with Gasteiger partial charge in [0, 0.05) is 0 Å². The predicted molar refractivity (Wildman–Crippen MR) is 63.2 cm³/mol. The third-order valence-corrected chi connectivity index (χ3v) is 3.65. The van der Waals surface area contributed by atoms with Gasteiger partial charge in [0.25, 0.3) is 5.91 Å². The SMILES string of the molecule is CCC(C#N)(CC)NC(=O)c1scnc1C. The van der Waals surface area contributed by atoms with Gasteiger partial charge in [-0.1, -0.05) is 13.8 Å². The lowest BCUT2D eigenvalue weighted by molar-refractivity contribution is 0.0919. The molecule has 5 heteroatoms. The summed E-state index contributed by atoms with van der Waals surface area (Å²) in [4.78, 5) is 16.5. The van der Waals surface area contributed by atoms with Crippen LogP contribution in [0.15, 0.2) is 5.51 Å². The molecule has 1 heterocycles. The van der Waals surface area contributed by atoms with Crippen molar-refractivity contribution in [2.24, 2.45) is 0 Å². The van der Waals surface area contributed by atoms with Gasteiger partial charge in [-0.05, 0) is 19.8 Å². The Balaban J connectivity index is 2.86. The average Bonchev–Trinajstić information content (AvgIpc) is 2.72. The second-order valence-electron chi connectivity index (χ2n) is 3.62. The summed E-state index contributed by atoms with van der Waals surface area (Å²) >= 11 is 1.30. The fourth-order valence-corrected chi connectivity index (χ4v) is 2.10. The number of nitrogens with one attached hydrogen (secondary N) is 1. The van der Waals surface area contributed by atoms with Crippen molar-refractivity contribution in [2.45, 2.75) is 39.2 Å². The molecule has 0 saturated carbocycles. The van der Waals surface area contributed by atoms with Crippen LogP contribution < -0.4 is 5.32 Å². The molecular formula is C11H15N3OS. The summed E-state index contributed by atoms with van der Waals surface area (Å²) in [6, 6.07) is 2.18. The van der Waals surface area contributed by atoms with Gasteiger partial charge in [-0.2, -0.15) is 5.26 Å². The molecule has 16 heavy (non-hydrogen) atoms. The third kappa shape index (κ3) is 2.39. The zero-order valence-corrected chi connectivity index (χ0v) is 10.5. The highest BCUT2D eigenvalue weighted by Crippen LogP contribution is 2.17. The monoisotopic (exact) mass is 237 g/mol. The van der Waals surface area contributed by atoms with E-state index in [4.69, 9.17) is 5.26 Å². The Morgan fingerprint density at radius 1 is 1.62 bits per heavy atom. The van der Waals surface area contributed by atoms with Gasteiger partial charge in [0.05, 0.1) is 17.3 Å². The average molecular weight is 237 g/mol. The molecule has 1 rings (SSSR count). The van der Waals surface area contributed by atoms with Crippen LogP contribution in [0.3, 0.4) is 0 Å². The Morgan fingerprint density at radius 3 is 2.62 bits per heavy atom. The van der Waals surface area contributed by atoms with Gasteiger partial charge in [0.2, 0.25) is 0 Å². The largest absolute Gasteiger partial charge is 0.333 e. The minimum atomic E-state index is -0.756. The van der Waals surface area contributed by atoms with Crippen molar-refractivity contribution in [1.82, 2.24) is 10.3 Å². The zero-order valence-electron chi connectivity index (χ0n) is 9.70. The summed E-state index contributed by atoms with van der Waals surface area (Å²) in [7, 11) is 0. The standard InChI is InChI=1S/C11H15N3OS/c1-4-11(5-2,6-12)14-10(15)9-8(3)13-7-16-9/h7H,4-5H2,1-3H3,(H,14,15). The molecule has 0 aliphatic carbocycles. The summed E-state index contributed by atoms with van der Waals surface area (Å²) in [5.74, 6) is -0.203. The van der Waals surface area contributed by atoms with Crippen LogP contribution in [0.25, 0.3) is 0 Å². The smallest absolute Gasteiger partial charge is 0.264 e. The Morgan fingerprint density at radius 2 is 2.25 bits per heavy atom. The van der Waals surface area contributed by atoms with E-state index < -0.39 is 5.54 Å². The first-order valence-electron chi connectivity index (χ1n) is 5.22. The molecule has 86 valence electrons. The topological polar surface area (TPSA) is 65.8 Å². The summed E-state index contributed by atoms with van der Waals surface area (Å²) in [5, 5.41) is 11.9. The Hall–Kier alpha value is -1.41. The molecule has 1 amide bonds. The molecule has 0 unspecified atom stereocenters. The molecule has 1 N–H and O–H groups in total. The fourth-order valence-electron chi connectivity index (χ4n) is 1.41. The lowest BCUT2D eigenvalue weighted by Crippen LogP contribution is -2.46. The maximum absolute atomic E-state index is 11.9. The number of carbonyl (C=O) groups is 1. The first kappa shape index (κ1) is 12.7. The number of hydrogen-bond acceptors (Lipinski definition) is 4. The molecular weight excluding hydrogens is 222 g/mol. The van der Waals surface area contributed by atoms with Crippen molar-refractivity contribution in [3.05, 3.63) is 16.1 Å². The van der Waals surface area contributed by atoms with E-state index in [-0.39, 0.29) is 5.91 Å². The predicted octanol–water partition coefficient (Wildman–Crippen LogP) is 2.26. The Bertz CT molecular complexity index is 415. The van der Waals surface area contributed by atoms with E-state index in [0.29, 0.717) is 23.4 Å². The molecule has 1 aromatic rings. The van der Waals surface area contributed by atoms with Gasteiger partial charge in [0.1, 0.15) is 10.4 Å². The van der Waals surface area contributed by atoms with Crippen LogP contribution in [0.2, 0.25) is 0 Å². The highest BCUT2D eigenvalue weighted by Gasteiger charge is 2.29. The first-order chi connectivity index (χ1) is 7.58. The number of carbonyl (C=O) groups excluding carboxylic acids is 1. The van der Waals surface area contributed by atoms with Crippen molar-refractivity contribution in [3.8, 4) is 6.07 Å². The van der Waals surface area contributed by atoms with Gasteiger partial charge >= 0.3 is 0 Å². The normalized spacial score (nSPS) is 10.9. The number of thiazole rings is 1. The van der Waals surface area contributed by atoms with Crippen molar-refractivity contribution >= 4 is 17.2 Å². The molecule has 0 fully saturated rings. The lowest BCUT2D eigenvalue weighted by atomic mass is 9.94. The minimum absolute atomic E-state index is 0.203. The van der Waals surface area contributed by atoms with Crippen LogP contribution in [-0.2, 0) is 0 Å². The Labute approximate surface area is 99.3 Å². The molecule has 0 radical (unpaired) electrons. The maximum atomic E-state index is 11.9. The quantitative estimate of drug-likeness (QED) is 0.873. The van der Waals surface area contributed by atoms with E-state index in [9.17, 15) is 4.79 Å². The summed E-state index contributed by atoms with van der Waals surface area (Å²) in [6.07, 6.45) is 1.20. The lowest BCUT2D eigenvalue weighted by Gasteiger charge is -2.24. The van der Waals surface area contributed by atoms with Crippen molar-refractivity contribution in [3.63, 3.8) is 0 Å². The van der Waals surface area contributed by atoms with Gasteiger partial charge in [0.15, 0.2) is 0 Å². The van der Waals surface area contributed by atoms with Gasteiger partial charge in [-0.3, -0.25) is 4.79 Å². The summed E-state index contributed by atoms with van der Waals surface area (Å²) < 4.78 is 0. The molecule has 0 aliphatic heterocycles.